The molecule has 2 aromatic rings. The lowest BCUT2D eigenvalue weighted by molar-refractivity contribution is 0.582. The first-order valence-corrected chi connectivity index (χ1v) is 7.88. The highest BCUT2D eigenvalue weighted by molar-refractivity contribution is 9.11. The van der Waals surface area contributed by atoms with Gasteiger partial charge in [-0.05, 0) is 22.0 Å². The molecule has 2 rings (SSSR count). The number of rotatable bonds is 4. The Bertz CT molecular complexity index is 589. The highest BCUT2D eigenvalue weighted by atomic mass is 79.9. The van der Waals surface area contributed by atoms with Crippen LogP contribution in [0, 0.1) is 0 Å². The van der Waals surface area contributed by atoms with Gasteiger partial charge in [-0.1, -0.05) is 11.6 Å². The van der Waals surface area contributed by atoms with Crippen LogP contribution in [0.1, 0.15) is 5.69 Å². The lowest BCUT2D eigenvalue weighted by Crippen LogP contribution is -2.22. The molecule has 0 aliphatic rings. The summed E-state index contributed by atoms with van der Waals surface area (Å²) < 4.78 is 27.0. The fourth-order valence-electron chi connectivity index (χ4n) is 1.08. The Balaban J connectivity index is 2.14. The molecule has 2 aromatic heterocycles. The van der Waals surface area contributed by atoms with Crippen molar-refractivity contribution >= 4 is 48.9 Å². The van der Waals surface area contributed by atoms with E-state index in [9.17, 15) is 8.42 Å². The molecule has 92 valence electrons. The maximum atomic E-state index is 11.9. The Morgan fingerprint density at radius 1 is 1.59 bits per heavy atom. The Morgan fingerprint density at radius 3 is 2.88 bits per heavy atom. The van der Waals surface area contributed by atoms with Crippen LogP contribution < -0.4 is 4.72 Å². The van der Waals surface area contributed by atoms with Gasteiger partial charge in [0.2, 0.25) is 10.0 Å². The predicted molar refractivity (Wildman–Crippen MR) is 69.6 cm³/mol. The monoisotopic (exact) mass is 355 g/mol. The number of aromatic nitrogens is 2. The normalized spacial score (nSPS) is 11.9. The maximum absolute atomic E-state index is 11.9. The zero-order valence-corrected chi connectivity index (χ0v) is 12.3. The molecule has 0 aliphatic carbocycles. The summed E-state index contributed by atoms with van der Waals surface area (Å²) in [6.45, 7) is 0.162. The quantitative estimate of drug-likeness (QED) is 0.883. The van der Waals surface area contributed by atoms with Gasteiger partial charge in [0.25, 0.3) is 0 Å². The summed E-state index contributed by atoms with van der Waals surface area (Å²) in [6.07, 6.45) is 3.04. The van der Waals surface area contributed by atoms with Crippen molar-refractivity contribution in [2.24, 2.45) is 0 Å². The first-order valence-electron chi connectivity index (χ1n) is 4.41. The summed E-state index contributed by atoms with van der Waals surface area (Å²) in [5.74, 6) is 0. The number of aromatic amines is 1. The Labute approximate surface area is 115 Å². The van der Waals surface area contributed by atoms with Crippen LogP contribution in [0.2, 0.25) is 5.02 Å². The summed E-state index contributed by atoms with van der Waals surface area (Å²) >= 11 is 10.0. The van der Waals surface area contributed by atoms with E-state index in [1.807, 2.05) is 0 Å². The van der Waals surface area contributed by atoms with E-state index in [1.165, 1.54) is 12.4 Å². The Kier molecular flexibility index (Phi) is 3.88. The molecule has 0 saturated heterocycles. The number of halogens is 2. The molecule has 0 bridgehead atoms. The van der Waals surface area contributed by atoms with Crippen molar-refractivity contribution < 1.29 is 8.42 Å². The van der Waals surface area contributed by atoms with Gasteiger partial charge in [0.1, 0.15) is 4.21 Å². The summed E-state index contributed by atoms with van der Waals surface area (Å²) in [6, 6.07) is 1.41. The third-order valence-electron chi connectivity index (χ3n) is 1.89. The van der Waals surface area contributed by atoms with Crippen molar-refractivity contribution in [1.82, 2.24) is 14.7 Å². The van der Waals surface area contributed by atoms with Gasteiger partial charge in [-0.2, -0.15) is 0 Å². The standard InChI is InChI=1S/C8H7BrClN3O2S2/c9-8-6(10)1-7(16-8)17(14,15)13-3-5-2-11-4-12-5/h1-2,4,13H,3H2,(H,11,12). The lowest BCUT2D eigenvalue weighted by Gasteiger charge is -2.02. The number of H-pyrrole nitrogens is 1. The van der Waals surface area contributed by atoms with Crippen molar-refractivity contribution in [3.05, 3.63) is 33.1 Å². The van der Waals surface area contributed by atoms with Crippen molar-refractivity contribution in [2.75, 3.05) is 0 Å². The highest BCUT2D eigenvalue weighted by Gasteiger charge is 2.18. The predicted octanol–water partition coefficient (Wildman–Crippen LogP) is 2.37. The summed E-state index contributed by atoms with van der Waals surface area (Å²) in [4.78, 5) is 6.61. The van der Waals surface area contributed by atoms with E-state index in [0.29, 0.717) is 14.5 Å². The van der Waals surface area contributed by atoms with Gasteiger partial charge in [-0.15, -0.1) is 11.3 Å². The number of nitrogens with one attached hydrogen (secondary N) is 2. The number of hydrogen-bond acceptors (Lipinski definition) is 4. The second kappa shape index (κ2) is 5.07. The van der Waals surface area contributed by atoms with Crippen LogP contribution in [0.25, 0.3) is 0 Å². The van der Waals surface area contributed by atoms with Gasteiger partial charge in [0, 0.05) is 11.9 Å². The molecule has 17 heavy (non-hydrogen) atoms. The Morgan fingerprint density at radius 2 is 2.35 bits per heavy atom. The molecule has 0 aromatic carbocycles. The number of hydrogen-bond donors (Lipinski definition) is 2. The van der Waals surface area contributed by atoms with Crippen LogP contribution >= 0.6 is 38.9 Å². The van der Waals surface area contributed by atoms with Crippen molar-refractivity contribution in [2.45, 2.75) is 10.8 Å². The van der Waals surface area contributed by atoms with E-state index in [2.05, 4.69) is 30.6 Å². The fraction of sp³-hybridized carbons (Fsp3) is 0.125. The van der Waals surface area contributed by atoms with Gasteiger partial charge in [0.15, 0.2) is 0 Å². The van der Waals surface area contributed by atoms with E-state index in [0.717, 1.165) is 11.3 Å². The minimum absolute atomic E-state index is 0.162. The molecule has 0 aliphatic heterocycles. The van der Waals surface area contributed by atoms with Gasteiger partial charge >= 0.3 is 0 Å². The minimum Gasteiger partial charge on any atom is -0.347 e. The average Bonchev–Trinajstić information content (AvgIpc) is 2.87. The van der Waals surface area contributed by atoms with Gasteiger partial charge < -0.3 is 4.98 Å². The summed E-state index contributed by atoms with van der Waals surface area (Å²) in [5, 5.41) is 0.386. The van der Waals surface area contributed by atoms with E-state index >= 15 is 0 Å². The summed E-state index contributed by atoms with van der Waals surface area (Å²) in [5.41, 5.74) is 0.690. The number of sulfonamides is 1. The van der Waals surface area contributed by atoms with Gasteiger partial charge in [0.05, 0.1) is 21.7 Å². The van der Waals surface area contributed by atoms with Crippen LogP contribution in [0.3, 0.4) is 0 Å². The van der Waals surface area contributed by atoms with Crippen LogP contribution in [0.5, 0.6) is 0 Å². The molecular formula is C8H7BrClN3O2S2. The molecule has 0 radical (unpaired) electrons. The molecule has 0 atom stereocenters. The second-order valence-electron chi connectivity index (χ2n) is 3.09. The first-order chi connectivity index (χ1) is 7.99. The first kappa shape index (κ1) is 13.0. The molecule has 0 spiro atoms. The smallest absolute Gasteiger partial charge is 0.250 e. The zero-order valence-electron chi connectivity index (χ0n) is 8.28. The third-order valence-corrected chi connectivity index (χ3v) is 6.24. The van der Waals surface area contributed by atoms with Crippen molar-refractivity contribution in [1.29, 1.82) is 0 Å². The fourth-order valence-corrected chi connectivity index (χ4v) is 4.53. The van der Waals surface area contributed by atoms with Crippen LogP contribution in [0.4, 0.5) is 0 Å². The van der Waals surface area contributed by atoms with Crippen molar-refractivity contribution in [3.63, 3.8) is 0 Å². The van der Waals surface area contributed by atoms with Crippen molar-refractivity contribution in [3.8, 4) is 0 Å². The van der Waals surface area contributed by atoms with Gasteiger partial charge in [-0.25, -0.2) is 18.1 Å². The highest BCUT2D eigenvalue weighted by Crippen LogP contribution is 2.34. The molecule has 0 fully saturated rings. The number of thiophene rings is 1. The molecule has 5 nitrogen and oxygen atoms in total. The number of nitrogens with zero attached hydrogens (tertiary/aromatic N) is 1. The third kappa shape index (κ3) is 3.08. The van der Waals surface area contributed by atoms with E-state index < -0.39 is 10.0 Å². The van der Waals surface area contributed by atoms with E-state index in [-0.39, 0.29) is 10.8 Å². The number of imidazole rings is 1. The lowest BCUT2D eigenvalue weighted by atomic mass is 10.5. The van der Waals surface area contributed by atoms with E-state index in [1.54, 1.807) is 6.20 Å². The topological polar surface area (TPSA) is 74.8 Å². The Hall–Kier alpha value is -0.410. The maximum Gasteiger partial charge on any atom is 0.250 e. The van der Waals surface area contributed by atoms with E-state index in [4.69, 9.17) is 11.6 Å². The zero-order chi connectivity index (χ0) is 12.5. The minimum atomic E-state index is -3.53. The van der Waals surface area contributed by atoms with Crippen LogP contribution in [-0.4, -0.2) is 18.4 Å². The second-order valence-corrected chi connectivity index (χ2v) is 7.86. The summed E-state index contributed by atoms with van der Waals surface area (Å²) in [7, 11) is -3.53. The largest absolute Gasteiger partial charge is 0.347 e. The molecule has 0 amide bonds. The molecule has 9 heteroatoms. The molecular weight excluding hydrogens is 350 g/mol. The average molecular weight is 357 g/mol. The molecule has 0 saturated carbocycles. The SMILES string of the molecule is O=S(=O)(NCc1cnc[nH]1)c1cc(Cl)c(Br)s1. The van der Waals surface area contributed by atoms with Gasteiger partial charge in [-0.3, -0.25) is 0 Å². The molecule has 0 unspecified atom stereocenters. The van der Waals surface area contributed by atoms with Crippen LogP contribution in [0.15, 0.2) is 26.6 Å². The van der Waals surface area contributed by atoms with Crippen LogP contribution in [-0.2, 0) is 16.6 Å². The molecule has 2 N–H and O–H groups in total. The molecule has 2 heterocycles.